The molecule has 0 radical (unpaired) electrons. The van der Waals surface area contributed by atoms with Gasteiger partial charge < -0.3 is 4.84 Å². The number of thioether (sulfide) groups is 1. The van der Waals surface area contributed by atoms with Crippen LogP contribution >= 0.6 is 11.8 Å². The molecule has 0 aliphatic heterocycles. The molecule has 0 saturated carbocycles. The Bertz CT molecular complexity index is 248. The Labute approximate surface area is 83.6 Å². The summed E-state index contributed by atoms with van der Waals surface area (Å²) in [5, 5.41) is 0. The molecular formula is C10H15NOS. The summed E-state index contributed by atoms with van der Waals surface area (Å²) < 4.78 is 0. The molecule has 1 N–H and O–H groups in total. The maximum Gasteiger partial charge on any atom is 0.0572 e. The number of rotatable bonds is 4. The van der Waals surface area contributed by atoms with E-state index < -0.39 is 0 Å². The summed E-state index contributed by atoms with van der Waals surface area (Å²) in [5.41, 5.74) is 4.13. The maximum absolute atomic E-state index is 4.86. The fourth-order valence-corrected chi connectivity index (χ4v) is 1.55. The van der Waals surface area contributed by atoms with E-state index in [1.54, 1.807) is 18.9 Å². The van der Waals surface area contributed by atoms with Crippen LogP contribution in [-0.2, 0) is 4.84 Å². The van der Waals surface area contributed by atoms with Crippen molar-refractivity contribution in [2.24, 2.45) is 0 Å². The van der Waals surface area contributed by atoms with Crippen molar-refractivity contribution in [3.63, 3.8) is 0 Å². The van der Waals surface area contributed by atoms with Gasteiger partial charge in [-0.3, -0.25) is 0 Å². The lowest BCUT2D eigenvalue weighted by Crippen LogP contribution is -2.16. The summed E-state index contributed by atoms with van der Waals surface area (Å²) >= 11 is 1.75. The molecule has 0 aliphatic carbocycles. The fraction of sp³-hybridized carbons (Fsp3) is 0.400. The van der Waals surface area contributed by atoms with Crippen LogP contribution < -0.4 is 5.48 Å². The molecule has 0 bridgehead atoms. The van der Waals surface area contributed by atoms with Gasteiger partial charge in [0.05, 0.1) is 13.2 Å². The molecule has 0 heterocycles. The van der Waals surface area contributed by atoms with Gasteiger partial charge in [0.2, 0.25) is 0 Å². The summed E-state index contributed by atoms with van der Waals surface area (Å²) in [7, 11) is 1.63. The van der Waals surface area contributed by atoms with Crippen molar-refractivity contribution in [3.8, 4) is 0 Å². The Morgan fingerprint density at radius 2 is 1.92 bits per heavy atom. The van der Waals surface area contributed by atoms with Crippen LogP contribution in [0.2, 0.25) is 0 Å². The molecule has 3 heteroatoms. The van der Waals surface area contributed by atoms with Crippen molar-refractivity contribution >= 4 is 11.8 Å². The van der Waals surface area contributed by atoms with E-state index in [1.165, 1.54) is 10.5 Å². The number of hydrogen-bond donors (Lipinski definition) is 1. The number of hydroxylamine groups is 1. The molecule has 1 aromatic carbocycles. The first-order chi connectivity index (χ1) is 6.27. The Morgan fingerprint density at radius 3 is 2.38 bits per heavy atom. The molecule has 0 saturated heterocycles. The molecule has 0 amide bonds. The minimum Gasteiger partial charge on any atom is -0.305 e. The normalized spacial score (nSPS) is 12.8. The van der Waals surface area contributed by atoms with E-state index in [9.17, 15) is 0 Å². The predicted octanol–water partition coefficient (Wildman–Crippen LogP) is 2.62. The molecule has 1 atom stereocenters. The first kappa shape index (κ1) is 10.6. The van der Waals surface area contributed by atoms with Crippen molar-refractivity contribution in [2.75, 3.05) is 13.4 Å². The molecule has 1 unspecified atom stereocenters. The summed E-state index contributed by atoms with van der Waals surface area (Å²) in [6, 6.07) is 8.70. The number of benzene rings is 1. The fourth-order valence-electron chi connectivity index (χ4n) is 1.14. The van der Waals surface area contributed by atoms with Crippen LogP contribution in [0.3, 0.4) is 0 Å². The summed E-state index contributed by atoms with van der Waals surface area (Å²) in [4.78, 5) is 6.14. The minimum absolute atomic E-state index is 0.237. The highest BCUT2D eigenvalue weighted by molar-refractivity contribution is 7.98. The van der Waals surface area contributed by atoms with Gasteiger partial charge in [0, 0.05) is 4.90 Å². The van der Waals surface area contributed by atoms with E-state index >= 15 is 0 Å². The molecule has 1 aromatic rings. The molecule has 1 rings (SSSR count). The van der Waals surface area contributed by atoms with Crippen molar-refractivity contribution < 1.29 is 4.84 Å². The maximum atomic E-state index is 4.86. The lowest BCUT2D eigenvalue weighted by molar-refractivity contribution is 0.0658. The van der Waals surface area contributed by atoms with Gasteiger partial charge in [-0.2, -0.15) is 5.48 Å². The predicted molar refractivity (Wildman–Crippen MR) is 56.8 cm³/mol. The van der Waals surface area contributed by atoms with Gasteiger partial charge in [-0.15, -0.1) is 11.8 Å². The molecule has 72 valence electrons. The van der Waals surface area contributed by atoms with Gasteiger partial charge in [-0.1, -0.05) is 12.1 Å². The van der Waals surface area contributed by atoms with Gasteiger partial charge in [0.1, 0.15) is 0 Å². The second-order valence-electron chi connectivity index (χ2n) is 2.82. The largest absolute Gasteiger partial charge is 0.305 e. The van der Waals surface area contributed by atoms with Crippen LogP contribution in [0.4, 0.5) is 0 Å². The second-order valence-corrected chi connectivity index (χ2v) is 3.70. The third-order valence-corrected chi connectivity index (χ3v) is 2.65. The molecule has 0 aliphatic rings. The highest BCUT2D eigenvalue weighted by atomic mass is 32.2. The molecule has 0 spiro atoms. The Balaban J connectivity index is 2.67. The average molecular weight is 197 g/mol. The molecule has 0 aromatic heterocycles. The quantitative estimate of drug-likeness (QED) is 0.592. The molecule has 2 nitrogen and oxygen atoms in total. The Hall–Kier alpha value is -0.510. The van der Waals surface area contributed by atoms with Crippen molar-refractivity contribution in [3.05, 3.63) is 29.8 Å². The first-order valence-corrected chi connectivity index (χ1v) is 5.43. The van der Waals surface area contributed by atoms with Crippen LogP contribution in [0, 0.1) is 0 Å². The standard InChI is InChI=1S/C10H15NOS/c1-8(11-12-2)9-4-6-10(13-3)7-5-9/h4-8,11H,1-3H3. The number of nitrogens with one attached hydrogen (secondary N) is 1. The topological polar surface area (TPSA) is 21.3 Å². The van der Waals surface area contributed by atoms with E-state index in [4.69, 9.17) is 4.84 Å². The van der Waals surface area contributed by atoms with Gasteiger partial charge >= 0.3 is 0 Å². The zero-order valence-corrected chi connectivity index (χ0v) is 9.02. The van der Waals surface area contributed by atoms with Crippen LogP contribution in [-0.4, -0.2) is 13.4 Å². The summed E-state index contributed by atoms with van der Waals surface area (Å²) in [5.74, 6) is 0. The van der Waals surface area contributed by atoms with E-state index in [-0.39, 0.29) is 6.04 Å². The highest BCUT2D eigenvalue weighted by Gasteiger charge is 2.02. The zero-order valence-electron chi connectivity index (χ0n) is 8.20. The Kier molecular flexibility index (Phi) is 4.28. The summed E-state index contributed by atoms with van der Waals surface area (Å²) in [6.45, 7) is 2.07. The van der Waals surface area contributed by atoms with Crippen LogP contribution in [0.15, 0.2) is 29.2 Å². The minimum atomic E-state index is 0.237. The van der Waals surface area contributed by atoms with Crippen LogP contribution in [0.5, 0.6) is 0 Å². The lowest BCUT2D eigenvalue weighted by atomic mass is 10.1. The molecular weight excluding hydrogens is 182 g/mol. The summed E-state index contributed by atoms with van der Waals surface area (Å²) in [6.07, 6.45) is 2.08. The van der Waals surface area contributed by atoms with Crippen molar-refractivity contribution in [1.29, 1.82) is 0 Å². The lowest BCUT2D eigenvalue weighted by Gasteiger charge is -2.12. The van der Waals surface area contributed by atoms with Gasteiger partial charge in [-0.25, -0.2) is 0 Å². The first-order valence-electron chi connectivity index (χ1n) is 4.20. The van der Waals surface area contributed by atoms with Crippen LogP contribution in [0.1, 0.15) is 18.5 Å². The highest BCUT2D eigenvalue weighted by Crippen LogP contribution is 2.18. The Morgan fingerprint density at radius 1 is 1.31 bits per heavy atom. The molecule has 0 fully saturated rings. The van der Waals surface area contributed by atoms with E-state index in [0.717, 1.165) is 0 Å². The monoisotopic (exact) mass is 197 g/mol. The SMILES string of the molecule is CONC(C)c1ccc(SC)cc1. The molecule has 13 heavy (non-hydrogen) atoms. The van der Waals surface area contributed by atoms with E-state index in [0.29, 0.717) is 0 Å². The van der Waals surface area contributed by atoms with Crippen LogP contribution in [0.25, 0.3) is 0 Å². The number of hydrogen-bond acceptors (Lipinski definition) is 3. The smallest absolute Gasteiger partial charge is 0.0572 e. The second kappa shape index (κ2) is 5.27. The van der Waals surface area contributed by atoms with E-state index in [2.05, 4.69) is 42.9 Å². The zero-order chi connectivity index (χ0) is 9.68. The van der Waals surface area contributed by atoms with Gasteiger partial charge in [0.15, 0.2) is 0 Å². The third kappa shape index (κ3) is 3.03. The average Bonchev–Trinajstić information content (AvgIpc) is 2.18. The van der Waals surface area contributed by atoms with Crippen molar-refractivity contribution in [1.82, 2.24) is 5.48 Å². The van der Waals surface area contributed by atoms with Gasteiger partial charge in [-0.05, 0) is 30.9 Å². The third-order valence-electron chi connectivity index (χ3n) is 1.91. The van der Waals surface area contributed by atoms with Gasteiger partial charge in [0.25, 0.3) is 0 Å². The van der Waals surface area contributed by atoms with E-state index in [1.807, 2.05) is 0 Å². The van der Waals surface area contributed by atoms with Crippen molar-refractivity contribution in [2.45, 2.75) is 17.9 Å².